The van der Waals surface area contributed by atoms with E-state index in [9.17, 15) is 4.79 Å². The lowest BCUT2D eigenvalue weighted by Crippen LogP contribution is -2.20. The van der Waals surface area contributed by atoms with Crippen molar-refractivity contribution < 1.29 is 9.53 Å². The van der Waals surface area contributed by atoms with E-state index in [1.165, 1.54) is 19.8 Å². The summed E-state index contributed by atoms with van der Waals surface area (Å²) in [6.07, 6.45) is 4.46. The third-order valence-corrected chi connectivity index (χ3v) is 2.67. The Bertz CT molecular complexity index is 148. The number of unbranched alkanes of at least 4 members (excludes halogenated alkanes) is 1. The van der Waals surface area contributed by atoms with Crippen LogP contribution in [0, 0.1) is 5.92 Å². The van der Waals surface area contributed by atoms with E-state index in [0.29, 0.717) is 5.92 Å². The van der Waals surface area contributed by atoms with Gasteiger partial charge in [0.2, 0.25) is 0 Å². The molecule has 0 amide bonds. The van der Waals surface area contributed by atoms with Crippen molar-refractivity contribution in [1.82, 2.24) is 0 Å². The van der Waals surface area contributed by atoms with Gasteiger partial charge in [-0.1, -0.05) is 26.7 Å². The van der Waals surface area contributed by atoms with Crippen LogP contribution in [0.1, 0.15) is 46.5 Å². The molecule has 0 spiro atoms. The van der Waals surface area contributed by atoms with E-state index in [2.05, 4.69) is 26.5 Å². The normalized spacial score (nSPS) is 15.1. The average Bonchev–Trinajstić information content (AvgIpc) is 2.04. The standard InChI is InChI=1S/C10H20O2S/c1-4-6-7-9(5-2)10(13)12-8(3)11/h9-10,13H,4-7H2,1-3H3. The van der Waals surface area contributed by atoms with Crippen LogP contribution in [-0.2, 0) is 9.53 Å². The van der Waals surface area contributed by atoms with Gasteiger partial charge in [0, 0.05) is 12.8 Å². The van der Waals surface area contributed by atoms with Crippen LogP contribution in [0.2, 0.25) is 0 Å². The second kappa shape index (κ2) is 7.25. The lowest BCUT2D eigenvalue weighted by Gasteiger charge is -2.21. The molecule has 0 aromatic carbocycles. The van der Waals surface area contributed by atoms with Crippen LogP contribution >= 0.6 is 12.6 Å². The smallest absolute Gasteiger partial charge is 0.303 e. The van der Waals surface area contributed by atoms with Crippen molar-refractivity contribution in [1.29, 1.82) is 0 Å². The van der Waals surface area contributed by atoms with Crippen molar-refractivity contribution in [2.45, 2.75) is 51.9 Å². The molecule has 0 heterocycles. The van der Waals surface area contributed by atoms with Crippen molar-refractivity contribution in [2.24, 2.45) is 5.92 Å². The number of ether oxygens (including phenoxy) is 1. The molecule has 0 aromatic heterocycles. The molecule has 0 rings (SSSR count). The number of carbonyl (C=O) groups excluding carboxylic acids is 1. The number of thiol groups is 1. The van der Waals surface area contributed by atoms with Crippen molar-refractivity contribution in [3.8, 4) is 0 Å². The third kappa shape index (κ3) is 5.97. The lowest BCUT2D eigenvalue weighted by molar-refractivity contribution is -0.144. The van der Waals surface area contributed by atoms with E-state index in [-0.39, 0.29) is 11.4 Å². The highest BCUT2D eigenvalue weighted by Gasteiger charge is 2.17. The predicted octanol–water partition coefficient (Wildman–Crippen LogP) is 3.02. The molecule has 2 atom stereocenters. The molecule has 0 aromatic rings. The first-order valence-corrected chi connectivity index (χ1v) is 5.48. The zero-order valence-electron chi connectivity index (χ0n) is 8.75. The number of carbonyl (C=O) groups is 1. The minimum Gasteiger partial charge on any atom is -0.451 e. The number of rotatable bonds is 6. The second-order valence-corrected chi connectivity index (χ2v) is 3.82. The molecular formula is C10H20O2S. The topological polar surface area (TPSA) is 26.3 Å². The molecular weight excluding hydrogens is 184 g/mol. The Labute approximate surface area is 86.5 Å². The van der Waals surface area contributed by atoms with Gasteiger partial charge in [0.15, 0.2) is 0 Å². The molecule has 0 N–H and O–H groups in total. The van der Waals surface area contributed by atoms with E-state index in [1.807, 2.05) is 0 Å². The van der Waals surface area contributed by atoms with E-state index in [4.69, 9.17) is 4.74 Å². The minimum absolute atomic E-state index is 0.228. The summed E-state index contributed by atoms with van der Waals surface area (Å²) in [5.74, 6) is 0.155. The lowest BCUT2D eigenvalue weighted by atomic mass is 10.0. The van der Waals surface area contributed by atoms with Crippen LogP contribution in [0.3, 0.4) is 0 Å². The Kier molecular flexibility index (Phi) is 7.14. The molecule has 13 heavy (non-hydrogen) atoms. The maximum absolute atomic E-state index is 10.7. The molecule has 0 aliphatic rings. The number of hydrogen-bond acceptors (Lipinski definition) is 3. The molecule has 0 bridgehead atoms. The summed E-state index contributed by atoms with van der Waals surface area (Å²) < 4.78 is 5.03. The summed E-state index contributed by atoms with van der Waals surface area (Å²) in [6.45, 7) is 5.69. The molecule has 0 aliphatic heterocycles. The van der Waals surface area contributed by atoms with Gasteiger partial charge in [0.1, 0.15) is 5.44 Å². The van der Waals surface area contributed by atoms with Crippen molar-refractivity contribution >= 4 is 18.6 Å². The fraction of sp³-hybridized carbons (Fsp3) is 0.900. The SMILES string of the molecule is CCCCC(CC)C(S)OC(C)=O. The summed E-state index contributed by atoms with van der Waals surface area (Å²) >= 11 is 4.27. The van der Waals surface area contributed by atoms with Gasteiger partial charge in [0.25, 0.3) is 0 Å². The Hall–Kier alpha value is -0.180. The first-order valence-electron chi connectivity index (χ1n) is 4.97. The fourth-order valence-corrected chi connectivity index (χ4v) is 1.79. The van der Waals surface area contributed by atoms with Gasteiger partial charge < -0.3 is 4.74 Å². The number of esters is 1. The van der Waals surface area contributed by atoms with Gasteiger partial charge in [-0.25, -0.2) is 0 Å². The van der Waals surface area contributed by atoms with Crippen molar-refractivity contribution in [3.63, 3.8) is 0 Å². The highest BCUT2D eigenvalue weighted by molar-refractivity contribution is 7.80. The van der Waals surface area contributed by atoms with Gasteiger partial charge in [-0.05, 0) is 12.8 Å². The summed E-state index contributed by atoms with van der Waals surface area (Å²) in [5, 5.41) is 0. The van der Waals surface area contributed by atoms with Crippen LogP contribution < -0.4 is 0 Å². The summed E-state index contributed by atoms with van der Waals surface area (Å²) in [6, 6.07) is 0. The summed E-state index contributed by atoms with van der Waals surface area (Å²) in [5.41, 5.74) is -0.228. The van der Waals surface area contributed by atoms with Crippen LogP contribution in [0.5, 0.6) is 0 Å². The zero-order valence-corrected chi connectivity index (χ0v) is 9.64. The van der Waals surface area contributed by atoms with E-state index in [1.54, 1.807) is 0 Å². The Morgan fingerprint density at radius 3 is 2.46 bits per heavy atom. The van der Waals surface area contributed by atoms with Gasteiger partial charge in [0.05, 0.1) is 0 Å². The van der Waals surface area contributed by atoms with Gasteiger partial charge >= 0.3 is 5.97 Å². The molecule has 0 fully saturated rings. The van der Waals surface area contributed by atoms with Crippen LogP contribution in [0.15, 0.2) is 0 Å². The largest absolute Gasteiger partial charge is 0.451 e. The molecule has 78 valence electrons. The quantitative estimate of drug-likeness (QED) is 0.409. The number of hydrogen-bond donors (Lipinski definition) is 1. The third-order valence-electron chi connectivity index (χ3n) is 2.14. The maximum Gasteiger partial charge on any atom is 0.303 e. The predicted molar refractivity (Wildman–Crippen MR) is 57.8 cm³/mol. The summed E-state index contributed by atoms with van der Waals surface area (Å²) in [4.78, 5) is 10.7. The highest BCUT2D eigenvalue weighted by atomic mass is 32.1. The Balaban J connectivity index is 3.83. The average molecular weight is 204 g/mol. The molecule has 2 unspecified atom stereocenters. The molecule has 2 nitrogen and oxygen atoms in total. The van der Waals surface area contributed by atoms with E-state index < -0.39 is 0 Å². The molecule has 3 heteroatoms. The first kappa shape index (κ1) is 12.8. The van der Waals surface area contributed by atoms with Crippen molar-refractivity contribution in [3.05, 3.63) is 0 Å². The summed E-state index contributed by atoms with van der Waals surface area (Å²) in [7, 11) is 0. The molecule has 0 saturated carbocycles. The van der Waals surface area contributed by atoms with Gasteiger partial charge in [-0.2, -0.15) is 0 Å². The minimum atomic E-state index is -0.241. The fourth-order valence-electron chi connectivity index (χ4n) is 1.28. The van der Waals surface area contributed by atoms with Gasteiger partial charge in [-0.3, -0.25) is 4.79 Å². The van der Waals surface area contributed by atoms with E-state index in [0.717, 1.165) is 12.8 Å². The van der Waals surface area contributed by atoms with Crippen LogP contribution in [0.25, 0.3) is 0 Å². The molecule has 0 aliphatic carbocycles. The first-order chi connectivity index (χ1) is 6.11. The molecule has 0 saturated heterocycles. The highest BCUT2D eigenvalue weighted by Crippen LogP contribution is 2.21. The Morgan fingerprint density at radius 2 is 2.08 bits per heavy atom. The van der Waals surface area contributed by atoms with Crippen molar-refractivity contribution in [2.75, 3.05) is 0 Å². The maximum atomic E-state index is 10.7. The molecule has 0 radical (unpaired) electrons. The van der Waals surface area contributed by atoms with Crippen LogP contribution in [-0.4, -0.2) is 11.4 Å². The second-order valence-electron chi connectivity index (χ2n) is 3.31. The zero-order chi connectivity index (χ0) is 10.3. The van der Waals surface area contributed by atoms with Crippen LogP contribution in [0.4, 0.5) is 0 Å². The van der Waals surface area contributed by atoms with Gasteiger partial charge in [-0.15, -0.1) is 12.6 Å². The van der Waals surface area contributed by atoms with E-state index >= 15 is 0 Å². The monoisotopic (exact) mass is 204 g/mol. The Morgan fingerprint density at radius 1 is 1.46 bits per heavy atom.